The van der Waals surface area contributed by atoms with Gasteiger partial charge in [0.2, 0.25) is 0 Å². The highest BCUT2D eigenvalue weighted by Gasteiger charge is 2.38. The molecule has 1 amide bonds. The molecule has 1 aromatic carbocycles. The molecule has 9 heteroatoms. The fraction of sp³-hybridized carbons (Fsp3) is 0.350. The summed E-state index contributed by atoms with van der Waals surface area (Å²) >= 11 is 1.46. The number of fused-ring (bicyclic) bond motifs is 4. The number of hydrogen-bond donors (Lipinski definition) is 0. The van der Waals surface area contributed by atoms with Gasteiger partial charge >= 0.3 is 0 Å². The highest BCUT2D eigenvalue weighted by atomic mass is 32.2. The molecule has 1 fully saturated rings. The molecule has 0 unspecified atom stereocenters. The van der Waals surface area contributed by atoms with Gasteiger partial charge < -0.3 is 14.4 Å². The zero-order valence-corrected chi connectivity index (χ0v) is 17.0. The van der Waals surface area contributed by atoms with Crippen molar-refractivity contribution in [3.8, 4) is 0 Å². The van der Waals surface area contributed by atoms with Crippen LogP contribution in [0.25, 0.3) is 10.9 Å². The van der Waals surface area contributed by atoms with Gasteiger partial charge in [-0.25, -0.2) is 15.0 Å². The predicted molar refractivity (Wildman–Crippen MR) is 113 cm³/mol. The van der Waals surface area contributed by atoms with E-state index in [0.717, 1.165) is 19.4 Å². The second-order valence-electron chi connectivity index (χ2n) is 7.33. The number of hydrogen-bond acceptors (Lipinski definition) is 7. The number of carbonyl (C=O) groups excluding carboxylic acids is 1. The maximum Gasteiger partial charge on any atom is 0.263 e. The molecule has 1 atom stereocenters. The molecule has 0 aliphatic carbocycles. The molecule has 0 bridgehead atoms. The predicted octanol–water partition coefficient (Wildman–Crippen LogP) is 2.07. The van der Waals surface area contributed by atoms with Crippen LogP contribution in [0.4, 0.5) is 11.5 Å². The highest BCUT2D eigenvalue weighted by Crippen LogP contribution is 2.35. The molecule has 2 aromatic heterocycles. The number of anilines is 2. The average molecular weight is 408 g/mol. The van der Waals surface area contributed by atoms with E-state index in [9.17, 15) is 9.59 Å². The minimum atomic E-state index is -0.180. The van der Waals surface area contributed by atoms with Gasteiger partial charge in [-0.1, -0.05) is 17.8 Å². The topological polar surface area (TPSA) is 84.2 Å². The molecule has 0 spiro atoms. The largest absolute Gasteiger partial charge is 0.351 e. The van der Waals surface area contributed by atoms with Crippen LogP contribution in [-0.2, 0) is 7.05 Å². The Labute approximate surface area is 171 Å². The summed E-state index contributed by atoms with van der Waals surface area (Å²) < 4.78 is 1.44. The van der Waals surface area contributed by atoms with Crippen LogP contribution in [0.2, 0.25) is 0 Å². The molecule has 5 rings (SSSR count). The van der Waals surface area contributed by atoms with E-state index in [1.165, 1.54) is 22.7 Å². The lowest BCUT2D eigenvalue weighted by atomic mass is 10.1. The molecule has 0 saturated carbocycles. The first-order valence-corrected chi connectivity index (χ1v) is 10.7. The van der Waals surface area contributed by atoms with E-state index >= 15 is 0 Å². The smallest absolute Gasteiger partial charge is 0.263 e. The minimum Gasteiger partial charge on any atom is -0.351 e. The lowest BCUT2D eigenvalue weighted by Crippen LogP contribution is -2.40. The summed E-state index contributed by atoms with van der Waals surface area (Å²) in [6, 6.07) is 5.61. The molecule has 0 N–H and O–H groups in total. The summed E-state index contributed by atoms with van der Waals surface area (Å²) in [6.07, 6.45) is 7.07. The summed E-state index contributed by atoms with van der Waals surface area (Å²) in [5.74, 6) is 0.520. The number of aryl methyl sites for hydroxylation is 1. The van der Waals surface area contributed by atoms with Crippen LogP contribution in [0.5, 0.6) is 0 Å². The van der Waals surface area contributed by atoms with Crippen molar-refractivity contribution in [2.75, 3.05) is 29.1 Å². The summed E-state index contributed by atoms with van der Waals surface area (Å²) in [5.41, 5.74) is 1.49. The van der Waals surface area contributed by atoms with E-state index in [-0.39, 0.29) is 17.5 Å². The molecule has 3 aromatic rings. The standard InChI is InChI=1S/C20H20N6O2S/c1-24-11-22-14-6-3-7-15(16(14)19(24)28)26-10-12-5-4-8-25(12)17-13(18(26)27)9-21-20(23-17)29-2/h3,6-7,9,11-12H,4-5,8,10H2,1-2H3/t12-/m0/s1. The molecule has 148 valence electrons. The Kier molecular flexibility index (Phi) is 4.27. The molecule has 2 aliphatic heterocycles. The van der Waals surface area contributed by atoms with Crippen LogP contribution in [0.15, 0.2) is 40.7 Å². The number of thioether (sulfide) groups is 1. The Morgan fingerprint density at radius 2 is 2.07 bits per heavy atom. The molecule has 1 saturated heterocycles. The fourth-order valence-corrected chi connectivity index (χ4v) is 4.57. The molecule has 29 heavy (non-hydrogen) atoms. The first-order valence-electron chi connectivity index (χ1n) is 9.52. The van der Waals surface area contributed by atoms with Crippen molar-refractivity contribution in [3.63, 3.8) is 0 Å². The number of benzene rings is 1. The summed E-state index contributed by atoms with van der Waals surface area (Å²) in [6.45, 7) is 1.36. The van der Waals surface area contributed by atoms with Crippen molar-refractivity contribution in [2.24, 2.45) is 7.05 Å². The van der Waals surface area contributed by atoms with E-state index in [4.69, 9.17) is 0 Å². The van der Waals surface area contributed by atoms with Crippen LogP contribution in [0.3, 0.4) is 0 Å². The molecular weight excluding hydrogens is 388 g/mol. The van der Waals surface area contributed by atoms with E-state index in [1.54, 1.807) is 24.2 Å². The lowest BCUT2D eigenvalue weighted by Gasteiger charge is -2.27. The van der Waals surface area contributed by atoms with Crippen molar-refractivity contribution in [1.82, 2.24) is 19.5 Å². The van der Waals surface area contributed by atoms with Gasteiger partial charge in [0.15, 0.2) is 5.16 Å². The maximum atomic E-state index is 13.6. The number of aromatic nitrogens is 4. The first kappa shape index (κ1) is 18.1. The third-order valence-electron chi connectivity index (χ3n) is 5.66. The van der Waals surface area contributed by atoms with E-state index in [2.05, 4.69) is 19.9 Å². The quantitative estimate of drug-likeness (QED) is 0.474. The normalized spacial score (nSPS) is 18.7. The van der Waals surface area contributed by atoms with Gasteiger partial charge in [-0.05, 0) is 31.2 Å². The van der Waals surface area contributed by atoms with Crippen molar-refractivity contribution in [1.29, 1.82) is 0 Å². The minimum absolute atomic E-state index is 0.153. The van der Waals surface area contributed by atoms with Crippen molar-refractivity contribution in [3.05, 3.63) is 46.6 Å². The number of carbonyl (C=O) groups is 1. The summed E-state index contributed by atoms with van der Waals surface area (Å²) in [5, 5.41) is 1.11. The van der Waals surface area contributed by atoms with Gasteiger partial charge in [0, 0.05) is 32.4 Å². The van der Waals surface area contributed by atoms with Crippen molar-refractivity contribution in [2.45, 2.75) is 24.0 Å². The Hall–Kier alpha value is -2.94. The molecule has 0 radical (unpaired) electrons. The molecular formula is C20H20N6O2S. The van der Waals surface area contributed by atoms with E-state index in [1.807, 2.05) is 18.4 Å². The van der Waals surface area contributed by atoms with Crippen LogP contribution in [0, 0.1) is 0 Å². The SMILES string of the molecule is CSc1ncc2c(n1)N1CCC[C@H]1CN(c1cccc3ncn(C)c(=O)c13)C2=O. The zero-order valence-electron chi connectivity index (χ0n) is 16.2. The van der Waals surface area contributed by atoms with Crippen LogP contribution in [0.1, 0.15) is 23.2 Å². The maximum absolute atomic E-state index is 13.6. The highest BCUT2D eigenvalue weighted by molar-refractivity contribution is 7.98. The number of amides is 1. The fourth-order valence-electron chi connectivity index (χ4n) is 4.23. The van der Waals surface area contributed by atoms with E-state index < -0.39 is 0 Å². The van der Waals surface area contributed by atoms with Crippen LogP contribution in [-0.4, -0.2) is 50.8 Å². The average Bonchev–Trinajstić information content (AvgIpc) is 3.17. The molecule has 8 nitrogen and oxygen atoms in total. The van der Waals surface area contributed by atoms with E-state index in [0.29, 0.717) is 39.7 Å². The van der Waals surface area contributed by atoms with Gasteiger partial charge in [-0.3, -0.25) is 9.59 Å². The first-order chi connectivity index (χ1) is 14.1. The van der Waals surface area contributed by atoms with Gasteiger partial charge in [-0.2, -0.15) is 0 Å². The number of nitrogens with zero attached hydrogens (tertiary/aromatic N) is 6. The lowest BCUT2D eigenvalue weighted by molar-refractivity contribution is 0.0988. The second kappa shape index (κ2) is 6.84. The van der Waals surface area contributed by atoms with Gasteiger partial charge in [-0.15, -0.1) is 0 Å². The van der Waals surface area contributed by atoms with Crippen LogP contribution < -0.4 is 15.4 Å². The van der Waals surface area contributed by atoms with Gasteiger partial charge in [0.05, 0.1) is 22.9 Å². The number of rotatable bonds is 2. The summed E-state index contributed by atoms with van der Waals surface area (Å²) in [7, 11) is 1.67. The van der Waals surface area contributed by atoms with Crippen molar-refractivity contribution >= 4 is 40.1 Å². The van der Waals surface area contributed by atoms with Crippen LogP contribution >= 0.6 is 11.8 Å². The second-order valence-corrected chi connectivity index (χ2v) is 8.10. The monoisotopic (exact) mass is 408 g/mol. The Morgan fingerprint density at radius 1 is 1.21 bits per heavy atom. The Balaban J connectivity index is 1.73. The van der Waals surface area contributed by atoms with Gasteiger partial charge in [0.25, 0.3) is 11.5 Å². The third kappa shape index (κ3) is 2.79. The Bertz CT molecular complexity index is 1190. The zero-order chi connectivity index (χ0) is 20.1. The van der Waals surface area contributed by atoms with Gasteiger partial charge in [0.1, 0.15) is 11.4 Å². The molecule has 2 aliphatic rings. The Morgan fingerprint density at radius 3 is 2.90 bits per heavy atom. The van der Waals surface area contributed by atoms with Crippen molar-refractivity contribution < 1.29 is 4.79 Å². The molecule has 4 heterocycles. The third-order valence-corrected chi connectivity index (χ3v) is 6.22. The summed E-state index contributed by atoms with van der Waals surface area (Å²) in [4.78, 5) is 43.8.